The van der Waals surface area contributed by atoms with Gasteiger partial charge in [0.15, 0.2) is 0 Å². The maximum absolute atomic E-state index is 12.1. The molecular formula is C13H12INO3S. The fourth-order valence-corrected chi connectivity index (χ4v) is 2.85. The number of benzene rings is 1. The molecule has 1 heterocycles. The van der Waals surface area contributed by atoms with Gasteiger partial charge >= 0.3 is 0 Å². The summed E-state index contributed by atoms with van der Waals surface area (Å²) in [6, 6.07) is 7.10. The summed E-state index contributed by atoms with van der Waals surface area (Å²) in [4.78, 5) is 12.1. The highest BCUT2D eigenvalue weighted by Gasteiger charge is 2.12. The summed E-state index contributed by atoms with van der Waals surface area (Å²) in [6.07, 6.45) is 0. The number of carbonyl (C=O) groups is 1. The van der Waals surface area contributed by atoms with Crippen LogP contribution in [-0.2, 0) is 0 Å². The quantitative estimate of drug-likeness (QED) is 0.813. The Hall–Kier alpha value is -1.28. The average Bonchev–Trinajstić information content (AvgIpc) is 2.86. The largest absolute Gasteiger partial charge is 0.497 e. The Kier molecular flexibility index (Phi) is 4.65. The van der Waals surface area contributed by atoms with Crippen LogP contribution in [0.1, 0.15) is 10.4 Å². The summed E-state index contributed by atoms with van der Waals surface area (Å²) in [6.45, 7) is 0. The van der Waals surface area contributed by atoms with Gasteiger partial charge in [-0.15, -0.1) is 11.3 Å². The van der Waals surface area contributed by atoms with Crippen molar-refractivity contribution in [2.75, 3.05) is 19.5 Å². The molecule has 0 aliphatic carbocycles. The van der Waals surface area contributed by atoms with Gasteiger partial charge in [0.2, 0.25) is 0 Å². The minimum Gasteiger partial charge on any atom is -0.497 e. The van der Waals surface area contributed by atoms with Gasteiger partial charge in [-0.05, 0) is 40.8 Å². The van der Waals surface area contributed by atoms with E-state index in [0.29, 0.717) is 22.7 Å². The van der Waals surface area contributed by atoms with Gasteiger partial charge in [0.05, 0.1) is 28.4 Å². The number of halogens is 1. The summed E-state index contributed by atoms with van der Waals surface area (Å²) >= 11 is 3.72. The molecule has 2 aromatic rings. The lowest BCUT2D eigenvalue weighted by molar-refractivity contribution is 0.102. The molecule has 1 amide bonds. The van der Waals surface area contributed by atoms with Gasteiger partial charge in [-0.1, -0.05) is 0 Å². The van der Waals surface area contributed by atoms with Crippen molar-refractivity contribution in [3.8, 4) is 11.5 Å². The summed E-state index contributed by atoms with van der Waals surface area (Å²) in [5.41, 5.74) is 1.27. The number of anilines is 1. The zero-order valence-electron chi connectivity index (χ0n) is 10.4. The Balaban J connectivity index is 2.21. The molecule has 6 heteroatoms. The highest BCUT2D eigenvalue weighted by molar-refractivity contribution is 14.1. The van der Waals surface area contributed by atoms with Crippen molar-refractivity contribution in [3.63, 3.8) is 0 Å². The highest BCUT2D eigenvalue weighted by atomic mass is 127. The molecule has 0 saturated carbocycles. The molecule has 0 radical (unpaired) electrons. The molecule has 0 spiro atoms. The Labute approximate surface area is 128 Å². The molecule has 1 aromatic carbocycles. The van der Waals surface area contributed by atoms with E-state index in [-0.39, 0.29) is 5.91 Å². The van der Waals surface area contributed by atoms with Gasteiger partial charge in [-0.2, -0.15) is 0 Å². The SMILES string of the molecule is COc1ccc(NC(=O)c2csc(I)c2)c(OC)c1. The van der Waals surface area contributed by atoms with E-state index >= 15 is 0 Å². The van der Waals surface area contributed by atoms with E-state index in [1.807, 2.05) is 11.4 Å². The van der Waals surface area contributed by atoms with Crippen LogP contribution in [0.25, 0.3) is 0 Å². The summed E-state index contributed by atoms with van der Waals surface area (Å²) in [7, 11) is 3.14. The average molecular weight is 389 g/mol. The van der Waals surface area contributed by atoms with Gasteiger partial charge in [0, 0.05) is 11.4 Å². The summed E-state index contributed by atoms with van der Waals surface area (Å²) < 4.78 is 11.4. The second-order valence-electron chi connectivity index (χ2n) is 3.66. The topological polar surface area (TPSA) is 47.6 Å². The molecule has 19 heavy (non-hydrogen) atoms. The highest BCUT2D eigenvalue weighted by Crippen LogP contribution is 2.29. The first kappa shape index (κ1) is 14.1. The number of rotatable bonds is 4. The zero-order chi connectivity index (χ0) is 13.8. The standard InChI is InChI=1S/C13H12INO3S/c1-17-9-3-4-10(11(6-9)18-2)15-13(16)8-5-12(14)19-7-8/h3-7H,1-2H3,(H,15,16). The molecule has 1 aromatic heterocycles. The van der Waals surface area contributed by atoms with Gasteiger partial charge < -0.3 is 14.8 Å². The summed E-state index contributed by atoms with van der Waals surface area (Å²) in [5.74, 6) is 1.10. The normalized spacial score (nSPS) is 10.1. The van der Waals surface area contributed by atoms with Gasteiger partial charge in [-0.3, -0.25) is 4.79 Å². The smallest absolute Gasteiger partial charge is 0.256 e. The van der Waals surface area contributed by atoms with Crippen LogP contribution in [0, 0.1) is 2.88 Å². The number of nitrogens with one attached hydrogen (secondary N) is 1. The second-order valence-corrected chi connectivity index (χ2v) is 6.47. The first-order valence-corrected chi connectivity index (χ1v) is 7.37. The molecule has 0 bridgehead atoms. The lowest BCUT2D eigenvalue weighted by Gasteiger charge is -2.11. The van der Waals surface area contributed by atoms with Crippen molar-refractivity contribution in [2.45, 2.75) is 0 Å². The van der Waals surface area contributed by atoms with Crippen LogP contribution in [0.2, 0.25) is 0 Å². The second kappa shape index (κ2) is 6.25. The molecule has 0 aliphatic rings. The number of hydrogen-bond donors (Lipinski definition) is 1. The Bertz CT molecular complexity index is 597. The third-order valence-electron chi connectivity index (χ3n) is 2.49. The molecule has 0 saturated heterocycles. The molecule has 2 rings (SSSR count). The Morgan fingerprint density at radius 3 is 2.63 bits per heavy atom. The lowest BCUT2D eigenvalue weighted by Crippen LogP contribution is -2.11. The maximum Gasteiger partial charge on any atom is 0.256 e. The number of carbonyl (C=O) groups excluding carboxylic acids is 1. The van der Waals surface area contributed by atoms with Crippen molar-refractivity contribution in [1.29, 1.82) is 0 Å². The predicted molar refractivity (Wildman–Crippen MR) is 84.5 cm³/mol. The zero-order valence-corrected chi connectivity index (χ0v) is 13.4. The van der Waals surface area contributed by atoms with Gasteiger partial charge in [0.25, 0.3) is 5.91 Å². The van der Waals surface area contributed by atoms with E-state index in [4.69, 9.17) is 9.47 Å². The molecule has 0 fully saturated rings. The van der Waals surface area contributed by atoms with Crippen molar-refractivity contribution in [3.05, 3.63) is 38.1 Å². The third-order valence-corrected chi connectivity index (χ3v) is 4.28. The van der Waals surface area contributed by atoms with E-state index in [1.54, 1.807) is 32.4 Å². The summed E-state index contributed by atoms with van der Waals surface area (Å²) in [5, 5.41) is 4.65. The first-order chi connectivity index (χ1) is 9.13. The van der Waals surface area contributed by atoms with E-state index in [1.165, 1.54) is 11.3 Å². The fraction of sp³-hybridized carbons (Fsp3) is 0.154. The predicted octanol–water partition coefficient (Wildman–Crippen LogP) is 3.62. The number of hydrogen-bond acceptors (Lipinski definition) is 4. The Morgan fingerprint density at radius 2 is 2.05 bits per heavy atom. The van der Waals surface area contributed by atoms with Crippen LogP contribution in [0.15, 0.2) is 29.6 Å². The van der Waals surface area contributed by atoms with Crippen LogP contribution >= 0.6 is 33.9 Å². The minimum atomic E-state index is -0.150. The van der Waals surface area contributed by atoms with Crippen LogP contribution in [0.4, 0.5) is 5.69 Å². The first-order valence-electron chi connectivity index (χ1n) is 5.41. The number of methoxy groups -OCH3 is 2. The molecule has 1 N–H and O–H groups in total. The number of ether oxygens (including phenoxy) is 2. The van der Waals surface area contributed by atoms with Crippen LogP contribution < -0.4 is 14.8 Å². The van der Waals surface area contributed by atoms with E-state index in [9.17, 15) is 4.79 Å². The fourth-order valence-electron chi connectivity index (χ4n) is 1.53. The van der Waals surface area contributed by atoms with Crippen molar-refractivity contribution >= 4 is 45.5 Å². The van der Waals surface area contributed by atoms with E-state index < -0.39 is 0 Å². The molecule has 0 unspecified atom stereocenters. The molecule has 100 valence electrons. The monoisotopic (exact) mass is 389 g/mol. The molecule has 0 aliphatic heterocycles. The van der Waals surface area contributed by atoms with Crippen LogP contribution in [0.5, 0.6) is 11.5 Å². The van der Waals surface area contributed by atoms with Crippen LogP contribution in [0.3, 0.4) is 0 Å². The lowest BCUT2D eigenvalue weighted by atomic mass is 10.2. The maximum atomic E-state index is 12.1. The van der Waals surface area contributed by atoms with Gasteiger partial charge in [0.1, 0.15) is 11.5 Å². The van der Waals surface area contributed by atoms with Crippen molar-refractivity contribution in [2.24, 2.45) is 0 Å². The molecule has 4 nitrogen and oxygen atoms in total. The third kappa shape index (κ3) is 3.38. The Morgan fingerprint density at radius 1 is 1.26 bits per heavy atom. The number of thiophene rings is 1. The number of amides is 1. The van der Waals surface area contributed by atoms with E-state index in [0.717, 1.165) is 2.88 Å². The molecule has 0 atom stereocenters. The minimum absolute atomic E-state index is 0.150. The molecular weight excluding hydrogens is 377 g/mol. The van der Waals surface area contributed by atoms with E-state index in [2.05, 4.69) is 27.9 Å². The van der Waals surface area contributed by atoms with Crippen LogP contribution in [-0.4, -0.2) is 20.1 Å². The van der Waals surface area contributed by atoms with Crippen molar-refractivity contribution < 1.29 is 14.3 Å². The van der Waals surface area contributed by atoms with Gasteiger partial charge in [-0.25, -0.2) is 0 Å². The van der Waals surface area contributed by atoms with Crippen molar-refractivity contribution in [1.82, 2.24) is 0 Å².